The summed E-state index contributed by atoms with van der Waals surface area (Å²) in [5.41, 5.74) is 2.77. The molecule has 1 N–H and O–H groups in total. The lowest BCUT2D eigenvalue weighted by molar-refractivity contribution is 0.409. The van der Waals surface area contributed by atoms with Crippen molar-refractivity contribution in [2.45, 2.75) is 12.1 Å². The van der Waals surface area contributed by atoms with Gasteiger partial charge in [0, 0.05) is 16.2 Å². The summed E-state index contributed by atoms with van der Waals surface area (Å²) in [7, 11) is 1.66. The van der Waals surface area contributed by atoms with Crippen LogP contribution in [0.3, 0.4) is 0 Å². The molecule has 1 fully saturated rings. The molecule has 5 rings (SSSR count). The number of halogens is 1. The molecule has 0 spiro atoms. The Morgan fingerprint density at radius 1 is 1.00 bits per heavy atom. The minimum absolute atomic E-state index is 0.183. The number of methoxy groups -OCH3 is 1. The average Bonchev–Trinajstić information content (AvgIpc) is 3.44. The van der Waals surface area contributed by atoms with Gasteiger partial charge in [-0.15, -0.1) is 0 Å². The van der Waals surface area contributed by atoms with Crippen LogP contribution in [0.1, 0.15) is 23.5 Å². The standard InChI is InChI=1S/C25H20BrN3O2S/c1-30-21-8-3-2-7-19(21)29-24(23(28-25(29)32)18-6-4-5-15-27-18)22-14-13-20(31-22)16-9-11-17(26)12-10-16/h2-15,23-24H,1H3,(H,28,32)/t23-,24-/m1/s1. The SMILES string of the molecule is COc1ccccc1N1C(=S)N[C@H](c2ccccn2)[C@H]1c1ccc(-c2ccc(Br)cc2)o1. The Morgan fingerprint density at radius 2 is 1.78 bits per heavy atom. The summed E-state index contributed by atoms with van der Waals surface area (Å²) in [6.45, 7) is 0. The van der Waals surface area contributed by atoms with Crippen molar-refractivity contribution in [1.29, 1.82) is 0 Å². The van der Waals surface area contributed by atoms with Crippen LogP contribution in [0.4, 0.5) is 5.69 Å². The number of rotatable bonds is 5. The molecule has 5 nitrogen and oxygen atoms in total. The van der Waals surface area contributed by atoms with Crippen molar-refractivity contribution in [1.82, 2.24) is 10.3 Å². The van der Waals surface area contributed by atoms with Gasteiger partial charge in [-0.1, -0.05) is 46.3 Å². The average molecular weight is 506 g/mol. The van der Waals surface area contributed by atoms with Crippen LogP contribution < -0.4 is 15.0 Å². The number of furan rings is 1. The first-order chi connectivity index (χ1) is 15.7. The summed E-state index contributed by atoms with van der Waals surface area (Å²) in [6.07, 6.45) is 1.79. The fraction of sp³-hybridized carbons (Fsp3) is 0.120. The van der Waals surface area contributed by atoms with E-state index in [1.165, 1.54) is 0 Å². The van der Waals surface area contributed by atoms with Crippen molar-refractivity contribution < 1.29 is 9.15 Å². The smallest absolute Gasteiger partial charge is 0.174 e. The lowest BCUT2D eigenvalue weighted by atomic mass is 10.0. The van der Waals surface area contributed by atoms with E-state index in [0.717, 1.165) is 38.7 Å². The molecule has 1 saturated heterocycles. The molecule has 0 unspecified atom stereocenters. The van der Waals surface area contributed by atoms with E-state index in [-0.39, 0.29) is 12.1 Å². The molecule has 4 aromatic rings. The van der Waals surface area contributed by atoms with Crippen LogP contribution in [0.15, 0.2) is 93.9 Å². The number of anilines is 1. The molecule has 0 amide bonds. The second-order valence-electron chi connectivity index (χ2n) is 7.38. The number of aromatic nitrogens is 1. The first-order valence-corrected chi connectivity index (χ1v) is 11.3. The van der Waals surface area contributed by atoms with Gasteiger partial charge >= 0.3 is 0 Å². The Hall–Kier alpha value is -3.16. The highest BCUT2D eigenvalue weighted by atomic mass is 79.9. The molecular formula is C25H20BrN3O2S. The predicted octanol–water partition coefficient (Wildman–Crippen LogP) is 6.29. The van der Waals surface area contributed by atoms with E-state index >= 15 is 0 Å². The normalized spacial score (nSPS) is 17.9. The lowest BCUT2D eigenvalue weighted by Crippen LogP contribution is -2.29. The maximum Gasteiger partial charge on any atom is 0.174 e. The van der Waals surface area contributed by atoms with Crippen LogP contribution in [-0.2, 0) is 0 Å². The Kier molecular flexibility index (Phi) is 5.68. The van der Waals surface area contributed by atoms with Gasteiger partial charge in [0.05, 0.1) is 24.5 Å². The monoisotopic (exact) mass is 505 g/mol. The quantitative estimate of drug-likeness (QED) is 0.321. The van der Waals surface area contributed by atoms with E-state index in [0.29, 0.717) is 5.11 Å². The second-order valence-corrected chi connectivity index (χ2v) is 8.68. The maximum atomic E-state index is 6.39. The summed E-state index contributed by atoms with van der Waals surface area (Å²) < 4.78 is 13.1. The largest absolute Gasteiger partial charge is 0.495 e. The van der Waals surface area contributed by atoms with Gasteiger partial charge in [-0.3, -0.25) is 4.98 Å². The molecule has 0 radical (unpaired) electrons. The number of hydrogen-bond donors (Lipinski definition) is 1. The van der Waals surface area contributed by atoms with Crippen LogP contribution in [0.25, 0.3) is 11.3 Å². The van der Waals surface area contributed by atoms with Gasteiger partial charge in [0.15, 0.2) is 5.11 Å². The van der Waals surface area contributed by atoms with Gasteiger partial charge < -0.3 is 19.4 Å². The number of para-hydroxylation sites is 2. The fourth-order valence-corrected chi connectivity index (χ4v) is 4.62. The topological polar surface area (TPSA) is 50.5 Å². The van der Waals surface area contributed by atoms with Gasteiger partial charge in [-0.05, 0) is 60.7 Å². The molecule has 32 heavy (non-hydrogen) atoms. The number of pyridine rings is 1. The predicted molar refractivity (Wildman–Crippen MR) is 133 cm³/mol. The molecule has 0 bridgehead atoms. The third-order valence-corrected chi connectivity index (χ3v) is 6.33. The van der Waals surface area contributed by atoms with Crippen LogP contribution >= 0.6 is 28.1 Å². The molecule has 1 aliphatic rings. The van der Waals surface area contributed by atoms with E-state index in [4.69, 9.17) is 21.4 Å². The Morgan fingerprint density at radius 3 is 2.53 bits per heavy atom. The number of benzene rings is 2. The summed E-state index contributed by atoms with van der Waals surface area (Å²) in [4.78, 5) is 6.64. The zero-order valence-corrected chi connectivity index (χ0v) is 19.6. The van der Waals surface area contributed by atoms with Gasteiger partial charge in [-0.2, -0.15) is 0 Å². The van der Waals surface area contributed by atoms with Crippen molar-refractivity contribution in [2.24, 2.45) is 0 Å². The molecule has 2 aromatic carbocycles. The van der Waals surface area contributed by atoms with E-state index < -0.39 is 0 Å². The summed E-state index contributed by atoms with van der Waals surface area (Å²) in [5.74, 6) is 2.32. The highest BCUT2D eigenvalue weighted by Gasteiger charge is 2.43. The van der Waals surface area contributed by atoms with Crippen LogP contribution in [0, 0.1) is 0 Å². The number of hydrogen-bond acceptors (Lipinski definition) is 4. The van der Waals surface area contributed by atoms with Crippen molar-refractivity contribution in [3.05, 3.63) is 101 Å². The van der Waals surface area contributed by atoms with Crippen molar-refractivity contribution >= 4 is 38.9 Å². The van der Waals surface area contributed by atoms with Crippen LogP contribution in [-0.4, -0.2) is 17.2 Å². The first-order valence-electron chi connectivity index (χ1n) is 10.1. The van der Waals surface area contributed by atoms with Crippen molar-refractivity contribution in [3.63, 3.8) is 0 Å². The summed E-state index contributed by atoms with van der Waals surface area (Å²) in [5, 5.41) is 4.04. The molecule has 1 aliphatic heterocycles. The van der Waals surface area contributed by atoms with Crippen LogP contribution in [0.2, 0.25) is 0 Å². The van der Waals surface area contributed by atoms with Crippen LogP contribution in [0.5, 0.6) is 5.75 Å². The number of nitrogens with zero attached hydrogens (tertiary/aromatic N) is 2. The molecule has 2 aromatic heterocycles. The Bertz CT molecular complexity index is 1240. The third kappa shape index (κ3) is 3.78. The molecule has 3 heterocycles. The van der Waals surface area contributed by atoms with E-state index in [1.807, 2.05) is 78.9 Å². The van der Waals surface area contributed by atoms with Gasteiger partial charge in [-0.25, -0.2) is 0 Å². The number of thiocarbonyl (C=S) groups is 1. The molecule has 160 valence electrons. The minimum atomic E-state index is -0.238. The summed E-state index contributed by atoms with van der Waals surface area (Å²) >= 11 is 9.27. The third-order valence-electron chi connectivity index (χ3n) is 5.49. The first kappa shape index (κ1) is 20.7. The minimum Gasteiger partial charge on any atom is -0.495 e. The highest BCUT2D eigenvalue weighted by molar-refractivity contribution is 9.10. The molecule has 2 atom stereocenters. The van der Waals surface area contributed by atoms with Gasteiger partial charge in [0.1, 0.15) is 23.3 Å². The number of nitrogens with one attached hydrogen (secondary N) is 1. The second kappa shape index (κ2) is 8.76. The van der Waals surface area contributed by atoms with E-state index in [2.05, 4.69) is 31.1 Å². The Balaban J connectivity index is 1.61. The molecular weight excluding hydrogens is 486 g/mol. The van der Waals surface area contributed by atoms with Gasteiger partial charge in [0.2, 0.25) is 0 Å². The molecule has 0 aliphatic carbocycles. The fourth-order valence-electron chi connectivity index (χ4n) is 4.01. The zero-order chi connectivity index (χ0) is 22.1. The zero-order valence-electron chi connectivity index (χ0n) is 17.2. The van der Waals surface area contributed by atoms with Crippen molar-refractivity contribution in [2.75, 3.05) is 12.0 Å². The van der Waals surface area contributed by atoms with E-state index in [1.54, 1.807) is 13.3 Å². The highest BCUT2D eigenvalue weighted by Crippen LogP contribution is 2.45. The summed E-state index contributed by atoms with van der Waals surface area (Å²) in [6, 6.07) is 25.4. The van der Waals surface area contributed by atoms with Gasteiger partial charge in [0.25, 0.3) is 0 Å². The van der Waals surface area contributed by atoms with E-state index in [9.17, 15) is 0 Å². The van der Waals surface area contributed by atoms with Crippen molar-refractivity contribution in [3.8, 4) is 17.1 Å². The number of ether oxygens (including phenoxy) is 1. The maximum absolute atomic E-state index is 6.39. The lowest BCUT2D eigenvalue weighted by Gasteiger charge is -2.27. The molecule has 0 saturated carbocycles. The molecule has 7 heteroatoms. The Labute approximate surface area is 200 Å².